The van der Waals surface area contributed by atoms with Crippen LogP contribution in [0.25, 0.3) is 11.0 Å². The Bertz CT molecular complexity index is 930. The molecule has 3 heterocycles. The van der Waals surface area contributed by atoms with Crippen molar-refractivity contribution in [3.63, 3.8) is 0 Å². The highest BCUT2D eigenvalue weighted by molar-refractivity contribution is 5.86. The van der Waals surface area contributed by atoms with Crippen molar-refractivity contribution in [1.82, 2.24) is 25.1 Å². The van der Waals surface area contributed by atoms with Gasteiger partial charge in [-0.2, -0.15) is 18.3 Å². The zero-order valence-electron chi connectivity index (χ0n) is 14.5. The Morgan fingerprint density at radius 3 is 2.70 bits per heavy atom. The van der Waals surface area contributed by atoms with Gasteiger partial charge in [0.05, 0.1) is 23.2 Å². The van der Waals surface area contributed by atoms with Crippen LogP contribution in [0.2, 0.25) is 0 Å². The fraction of sp³-hybridized carbons (Fsp3) is 0.389. The topological polar surface area (TPSA) is 67.7 Å². The van der Waals surface area contributed by atoms with Crippen molar-refractivity contribution < 1.29 is 13.2 Å². The van der Waals surface area contributed by atoms with E-state index in [0.29, 0.717) is 16.9 Å². The average Bonchev–Trinajstić information content (AvgIpc) is 3.11. The van der Waals surface area contributed by atoms with E-state index in [-0.39, 0.29) is 18.2 Å². The monoisotopic (exact) mass is 376 g/mol. The quantitative estimate of drug-likeness (QED) is 0.731. The molecule has 6 nitrogen and oxygen atoms in total. The predicted molar refractivity (Wildman–Crippen MR) is 95.2 cm³/mol. The molecule has 0 amide bonds. The molecular formula is C18H19F3N6. The first kappa shape index (κ1) is 17.7. The Morgan fingerprint density at radius 2 is 1.93 bits per heavy atom. The van der Waals surface area contributed by atoms with Gasteiger partial charge in [-0.3, -0.25) is 0 Å². The number of aromatic nitrogens is 4. The maximum absolute atomic E-state index is 13.2. The van der Waals surface area contributed by atoms with E-state index in [1.165, 1.54) is 18.5 Å². The van der Waals surface area contributed by atoms with Crippen LogP contribution < -0.4 is 10.6 Å². The fourth-order valence-corrected chi connectivity index (χ4v) is 3.45. The highest BCUT2D eigenvalue weighted by Crippen LogP contribution is 2.32. The second-order valence-electron chi connectivity index (χ2n) is 6.54. The van der Waals surface area contributed by atoms with Gasteiger partial charge < -0.3 is 10.6 Å². The van der Waals surface area contributed by atoms with Crippen LogP contribution in [0.1, 0.15) is 30.0 Å². The molecule has 0 bridgehead atoms. The molecule has 0 radical (unpaired) electrons. The first-order chi connectivity index (χ1) is 13.0. The van der Waals surface area contributed by atoms with Crippen LogP contribution in [0.4, 0.5) is 19.0 Å². The van der Waals surface area contributed by atoms with Crippen molar-refractivity contribution in [2.24, 2.45) is 0 Å². The Labute approximate surface area is 153 Å². The molecule has 4 rings (SSSR count). The third-order valence-corrected chi connectivity index (χ3v) is 4.81. The summed E-state index contributed by atoms with van der Waals surface area (Å²) >= 11 is 0. The third-order valence-electron chi connectivity index (χ3n) is 4.81. The Morgan fingerprint density at radius 1 is 1.15 bits per heavy atom. The van der Waals surface area contributed by atoms with E-state index in [0.717, 1.165) is 32.0 Å². The fourth-order valence-electron chi connectivity index (χ4n) is 3.45. The first-order valence-corrected chi connectivity index (χ1v) is 8.82. The SMILES string of the molecule is FC(F)(F)c1ccccc1CNc1ncnc2c1cnn2C1CCNCC1. The van der Waals surface area contributed by atoms with E-state index >= 15 is 0 Å². The molecule has 142 valence electrons. The summed E-state index contributed by atoms with van der Waals surface area (Å²) in [6.45, 7) is 1.87. The standard InChI is InChI=1S/C18H19F3N6/c19-18(20,21)15-4-2-1-3-12(15)9-23-16-14-10-26-27(17(14)25-11-24-16)13-5-7-22-8-6-13/h1-4,10-11,13,22H,5-9H2,(H,23,24,25). The van der Waals surface area contributed by atoms with E-state index in [2.05, 4.69) is 25.7 Å². The van der Waals surface area contributed by atoms with E-state index in [1.54, 1.807) is 12.3 Å². The number of piperidine rings is 1. The van der Waals surface area contributed by atoms with Crippen LogP contribution in [-0.4, -0.2) is 32.8 Å². The van der Waals surface area contributed by atoms with Crippen LogP contribution in [0.5, 0.6) is 0 Å². The average molecular weight is 376 g/mol. The summed E-state index contributed by atoms with van der Waals surface area (Å²) in [5, 5.41) is 11.5. The number of fused-ring (bicyclic) bond motifs is 1. The molecule has 1 aliphatic rings. The lowest BCUT2D eigenvalue weighted by molar-refractivity contribution is -0.138. The van der Waals surface area contributed by atoms with Gasteiger partial charge in [0.1, 0.15) is 12.1 Å². The van der Waals surface area contributed by atoms with Crippen molar-refractivity contribution >= 4 is 16.9 Å². The predicted octanol–water partition coefficient (Wildman–Crippen LogP) is 3.38. The molecular weight excluding hydrogens is 357 g/mol. The normalized spacial score (nSPS) is 16.0. The van der Waals surface area contributed by atoms with E-state index < -0.39 is 11.7 Å². The lowest BCUT2D eigenvalue weighted by Crippen LogP contribution is -2.29. The number of halogens is 3. The lowest BCUT2D eigenvalue weighted by atomic mass is 10.1. The molecule has 1 fully saturated rings. The van der Waals surface area contributed by atoms with Gasteiger partial charge in [-0.1, -0.05) is 18.2 Å². The second-order valence-corrected chi connectivity index (χ2v) is 6.54. The summed E-state index contributed by atoms with van der Waals surface area (Å²) in [5.41, 5.74) is 0.221. The Kier molecular flexibility index (Phi) is 4.69. The number of nitrogens with one attached hydrogen (secondary N) is 2. The zero-order valence-corrected chi connectivity index (χ0v) is 14.5. The molecule has 2 N–H and O–H groups in total. The number of nitrogens with zero attached hydrogens (tertiary/aromatic N) is 4. The van der Waals surface area contributed by atoms with Crippen LogP contribution in [-0.2, 0) is 12.7 Å². The summed E-state index contributed by atoms with van der Waals surface area (Å²) in [4.78, 5) is 8.54. The first-order valence-electron chi connectivity index (χ1n) is 8.82. The highest BCUT2D eigenvalue weighted by atomic mass is 19.4. The number of hydrogen-bond donors (Lipinski definition) is 2. The Hall–Kier alpha value is -2.68. The van der Waals surface area contributed by atoms with Crippen molar-refractivity contribution in [2.45, 2.75) is 31.6 Å². The summed E-state index contributed by atoms with van der Waals surface area (Å²) in [7, 11) is 0. The molecule has 1 saturated heterocycles. The number of rotatable bonds is 4. The van der Waals surface area contributed by atoms with Crippen LogP contribution in [0.15, 0.2) is 36.8 Å². The lowest BCUT2D eigenvalue weighted by Gasteiger charge is -2.23. The summed E-state index contributed by atoms with van der Waals surface area (Å²) < 4.78 is 41.4. The van der Waals surface area contributed by atoms with E-state index in [4.69, 9.17) is 0 Å². The van der Waals surface area contributed by atoms with Gasteiger partial charge in [0.2, 0.25) is 0 Å². The van der Waals surface area contributed by atoms with Crippen molar-refractivity contribution in [2.75, 3.05) is 18.4 Å². The summed E-state index contributed by atoms with van der Waals surface area (Å²) in [6, 6.07) is 5.79. The maximum Gasteiger partial charge on any atom is 0.416 e. The van der Waals surface area contributed by atoms with Gasteiger partial charge in [0.25, 0.3) is 0 Å². The van der Waals surface area contributed by atoms with Crippen molar-refractivity contribution in [3.8, 4) is 0 Å². The molecule has 1 aromatic carbocycles. The van der Waals surface area contributed by atoms with Gasteiger partial charge in [-0.25, -0.2) is 14.6 Å². The van der Waals surface area contributed by atoms with Crippen LogP contribution in [0, 0.1) is 0 Å². The maximum atomic E-state index is 13.2. The highest BCUT2D eigenvalue weighted by Gasteiger charge is 2.32. The van der Waals surface area contributed by atoms with Crippen LogP contribution in [0.3, 0.4) is 0 Å². The van der Waals surface area contributed by atoms with Crippen molar-refractivity contribution in [3.05, 3.63) is 47.9 Å². The minimum Gasteiger partial charge on any atom is -0.365 e. The van der Waals surface area contributed by atoms with E-state index in [9.17, 15) is 13.2 Å². The smallest absolute Gasteiger partial charge is 0.365 e. The summed E-state index contributed by atoms with van der Waals surface area (Å²) in [6.07, 6.45) is 0.624. The van der Waals surface area contributed by atoms with Gasteiger partial charge in [0.15, 0.2) is 5.65 Å². The molecule has 2 aromatic heterocycles. The van der Waals surface area contributed by atoms with Crippen LogP contribution >= 0.6 is 0 Å². The molecule has 0 spiro atoms. The second kappa shape index (κ2) is 7.15. The molecule has 1 aliphatic heterocycles. The molecule has 0 saturated carbocycles. The van der Waals surface area contributed by atoms with E-state index in [1.807, 2.05) is 4.68 Å². The molecule has 0 atom stereocenters. The minimum atomic E-state index is -4.39. The van der Waals surface area contributed by atoms with Gasteiger partial charge in [-0.05, 0) is 37.6 Å². The molecule has 3 aromatic rings. The number of benzene rings is 1. The third kappa shape index (κ3) is 3.59. The zero-order chi connectivity index (χ0) is 18.9. The molecule has 27 heavy (non-hydrogen) atoms. The number of alkyl halides is 3. The number of hydrogen-bond acceptors (Lipinski definition) is 5. The largest absolute Gasteiger partial charge is 0.416 e. The minimum absolute atomic E-state index is 0.0142. The Balaban J connectivity index is 1.60. The van der Waals surface area contributed by atoms with Gasteiger partial charge >= 0.3 is 6.18 Å². The number of anilines is 1. The summed E-state index contributed by atoms with van der Waals surface area (Å²) in [5.74, 6) is 0.483. The molecule has 0 aliphatic carbocycles. The van der Waals surface area contributed by atoms with Gasteiger partial charge in [0, 0.05) is 6.54 Å². The molecule has 0 unspecified atom stereocenters. The molecule has 9 heteroatoms. The van der Waals surface area contributed by atoms with Crippen molar-refractivity contribution in [1.29, 1.82) is 0 Å². The van der Waals surface area contributed by atoms with Gasteiger partial charge in [-0.15, -0.1) is 0 Å².